The normalized spacial score (nSPS) is 14.4. The van der Waals surface area contributed by atoms with E-state index in [-0.39, 0.29) is 18.1 Å². The zero-order valence-corrected chi connectivity index (χ0v) is 12.2. The predicted octanol–water partition coefficient (Wildman–Crippen LogP) is 1.93. The molecule has 0 aliphatic carbocycles. The van der Waals surface area contributed by atoms with E-state index in [1.54, 1.807) is 11.0 Å². The summed E-state index contributed by atoms with van der Waals surface area (Å²) >= 11 is 0. The Labute approximate surface area is 119 Å². The maximum Gasteiger partial charge on any atom is 0.138 e. The van der Waals surface area contributed by atoms with Crippen molar-refractivity contribution in [2.75, 3.05) is 6.54 Å². The Morgan fingerprint density at radius 1 is 1.20 bits per heavy atom. The molecule has 2 N–H and O–H groups in total. The van der Waals surface area contributed by atoms with Crippen molar-refractivity contribution in [3.8, 4) is 5.69 Å². The molecule has 0 saturated carbocycles. The first kappa shape index (κ1) is 14.7. The molecule has 0 amide bonds. The van der Waals surface area contributed by atoms with Gasteiger partial charge in [-0.15, -0.1) is 0 Å². The highest BCUT2D eigenvalue weighted by atomic mass is 16.3. The summed E-state index contributed by atoms with van der Waals surface area (Å²) in [6.45, 7) is 6.73. The van der Waals surface area contributed by atoms with Gasteiger partial charge in [0.1, 0.15) is 12.7 Å². The van der Waals surface area contributed by atoms with Gasteiger partial charge in [0.05, 0.1) is 11.8 Å². The van der Waals surface area contributed by atoms with Gasteiger partial charge in [-0.3, -0.25) is 0 Å². The van der Waals surface area contributed by atoms with Crippen LogP contribution >= 0.6 is 0 Å². The number of rotatable bonds is 6. The molecule has 1 heterocycles. The molecule has 2 rings (SSSR count). The average Bonchev–Trinajstić information content (AvgIpc) is 2.98. The Balaban J connectivity index is 1.96. The first-order chi connectivity index (χ1) is 9.58. The number of aromatic nitrogens is 3. The average molecular weight is 274 g/mol. The number of nitrogens with one attached hydrogen (secondary N) is 1. The second kappa shape index (κ2) is 6.63. The molecule has 5 nitrogen and oxygen atoms in total. The van der Waals surface area contributed by atoms with Crippen LogP contribution in [0, 0.1) is 5.92 Å². The van der Waals surface area contributed by atoms with Crippen LogP contribution in [0.1, 0.15) is 32.4 Å². The fraction of sp³-hybridized carbons (Fsp3) is 0.467. The van der Waals surface area contributed by atoms with Crippen LogP contribution in [0.25, 0.3) is 5.69 Å². The largest absolute Gasteiger partial charge is 0.392 e. The zero-order valence-electron chi connectivity index (χ0n) is 12.2. The second-order valence-electron chi connectivity index (χ2n) is 5.37. The first-order valence-electron chi connectivity index (χ1n) is 6.94. The minimum Gasteiger partial charge on any atom is -0.392 e. The minimum atomic E-state index is -0.313. The molecule has 5 heteroatoms. The molecule has 0 aliphatic rings. The molecular formula is C15H22N4O. The van der Waals surface area contributed by atoms with Crippen molar-refractivity contribution in [3.63, 3.8) is 0 Å². The molecule has 108 valence electrons. The molecule has 0 aliphatic heterocycles. The van der Waals surface area contributed by atoms with Crippen LogP contribution in [-0.4, -0.2) is 32.5 Å². The lowest BCUT2D eigenvalue weighted by Gasteiger charge is -2.19. The number of aliphatic hydroxyl groups excluding tert-OH is 1. The lowest BCUT2D eigenvalue weighted by atomic mass is 10.1. The standard InChI is InChI=1S/C15H22N4O/c1-11(2)15(20)8-17-12(3)13-4-6-14(7-5-13)19-10-16-9-18-19/h4-7,9-12,15,17,20H,8H2,1-3H3. The number of hydrogen-bond donors (Lipinski definition) is 2. The minimum absolute atomic E-state index is 0.202. The third-order valence-electron chi connectivity index (χ3n) is 3.48. The molecule has 1 aromatic heterocycles. The van der Waals surface area contributed by atoms with E-state index in [4.69, 9.17) is 0 Å². The van der Waals surface area contributed by atoms with E-state index >= 15 is 0 Å². The van der Waals surface area contributed by atoms with Crippen molar-refractivity contribution >= 4 is 0 Å². The smallest absolute Gasteiger partial charge is 0.138 e. The molecule has 0 radical (unpaired) electrons. The van der Waals surface area contributed by atoms with Crippen LogP contribution < -0.4 is 5.32 Å². The monoisotopic (exact) mass is 274 g/mol. The van der Waals surface area contributed by atoms with E-state index in [1.807, 2.05) is 26.0 Å². The van der Waals surface area contributed by atoms with Crippen molar-refractivity contribution in [2.45, 2.75) is 32.9 Å². The highest BCUT2D eigenvalue weighted by molar-refractivity contribution is 5.34. The molecule has 0 bridgehead atoms. The van der Waals surface area contributed by atoms with Gasteiger partial charge in [0.2, 0.25) is 0 Å². The van der Waals surface area contributed by atoms with Gasteiger partial charge >= 0.3 is 0 Å². The van der Waals surface area contributed by atoms with E-state index in [0.717, 1.165) is 5.69 Å². The maximum absolute atomic E-state index is 9.81. The van der Waals surface area contributed by atoms with Gasteiger partial charge in [-0.1, -0.05) is 26.0 Å². The van der Waals surface area contributed by atoms with Crippen LogP contribution in [0.3, 0.4) is 0 Å². The maximum atomic E-state index is 9.81. The van der Waals surface area contributed by atoms with E-state index in [1.165, 1.54) is 11.9 Å². The van der Waals surface area contributed by atoms with Crippen LogP contribution in [0.4, 0.5) is 0 Å². The summed E-state index contributed by atoms with van der Waals surface area (Å²) in [5, 5.41) is 17.3. The fourth-order valence-corrected chi connectivity index (χ4v) is 1.91. The topological polar surface area (TPSA) is 63.0 Å². The Hall–Kier alpha value is -1.72. The van der Waals surface area contributed by atoms with Crippen LogP contribution in [0.15, 0.2) is 36.9 Å². The van der Waals surface area contributed by atoms with Gasteiger partial charge < -0.3 is 10.4 Å². The van der Waals surface area contributed by atoms with Gasteiger partial charge in [-0.25, -0.2) is 9.67 Å². The Bertz CT molecular complexity index is 507. The van der Waals surface area contributed by atoms with Gasteiger partial charge in [0, 0.05) is 12.6 Å². The summed E-state index contributed by atoms with van der Waals surface area (Å²) in [5.41, 5.74) is 2.17. The molecule has 0 fully saturated rings. The summed E-state index contributed by atoms with van der Waals surface area (Å²) in [6.07, 6.45) is 2.88. The van der Waals surface area contributed by atoms with Gasteiger partial charge in [0.25, 0.3) is 0 Å². The first-order valence-corrected chi connectivity index (χ1v) is 6.94. The van der Waals surface area contributed by atoms with Crippen LogP contribution in [0.2, 0.25) is 0 Å². The molecule has 1 aromatic carbocycles. The number of hydrogen-bond acceptors (Lipinski definition) is 4. The summed E-state index contributed by atoms with van der Waals surface area (Å²) in [7, 11) is 0. The Kier molecular flexibility index (Phi) is 4.87. The van der Waals surface area contributed by atoms with Gasteiger partial charge in [-0.2, -0.15) is 5.10 Å². The van der Waals surface area contributed by atoms with E-state index in [9.17, 15) is 5.11 Å². The quantitative estimate of drug-likeness (QED) is 0.845. The fourth-order valence-electron chi connectivity index (χ4n) is 1.91. The molecule has 2 unspecified atom stereocenters. The van der Waals surface area contributed by atoms with E-state index in [0.29, 0.717) is 6.54 Å². The summed E-state index contributed by atoms with van der Waals surface area (Å²) in [5.74, 6) is 0.268. The molecule has 0 spiro atoms. The SMILES string of the molecule is CC(NCC(O)C(C)C)c1ccc(-n2cncn2)cc1. The lowest BCUT2D eigenvalue weighted by molar-refractivity contribution is 0.120. The van der Waals surface area contributed by atoms with E-state index in [2.05, 4.69) is 34.5 Å². The Morgan fingerprint density at radius 2 is 1.90 bits per heavy atom. The summed E-state index contributed by atoms with van der Waals surface area (Å²) in [6, 6.07) is 8.36. The van der Waals surface area contributed by atoms with E-state index < -0.39 is 0 Å². The van der Waals surface area contributed by atoms with Crippen molar-refractivity contribution in [3.05, 3.63) is 42.5 Å². The summed E-state index contributed by atoms with van der Waals surface area (Å²) < 4.78 is 1.73. The van der Waals surface area contributed by atoms with Crippen molar-refractivity contribution in [1.82, 2.24) is 20.1 Å². The zero-order chi connectivity index (χ0) is 14.5. The molecule has 20 heavy (non-hydrogen) atoms. The molecule has 2 aromatic rings. The third-order valence-corrected chi connectivity index (χ3v) is 3.48. The Morgan fingerprint density at radius 3 is 2.45 bits per heavy atom. The molecule has 2 atom stereocenters. The predicted molar refractivity (Wildman–Crippen MR) is 78.6 cm³/mol. The summed E-state index contributed by atoms with van der Waals surface area (Å²) in [4.78, 5) is 3.93. The van der Waals surface area contributed by atoms with Crippen molar-refractivity contribution < 1.29 is 5.11 Å². The van der Waals surface area contributed by atoms with Gasteiger partial charge in [0.15, 0.2) is 0 Å². The van der Waals surface area contributed by atoms with Crippen LogP contribution in [-0.2, 0) is 0 Å². The third kappa shape index (κ3) is 3.65. The number of aliphatic hydroxyl groups is 1. The number of nitrogens with zero attached hydrogens (tertiary/aromatic N) is 3. The van der Waals surface area contributed by atoms with Gasteiger partial charge in [-0.05, 0) is 30.5 Å². The van der Waals surface area contributed by atoms with Crippen LogP contribution in [0.5, 0.6) is 0 Å². The highest BCUT2D eigenvalue weighted by Crippen LogP contribution is 2.15. The second-order valence-corrected chi connectivity index (χ2v) is 5.37. The van der Waals surface area contributed by atoms with Crippen molar-refractivity contribution in [2.24, 2.45) is 5.92 Å². The highest BCUT2D eigenvalue weighted by Gasteiger charge is 2.11. The lowest BCUT2D eigenvalue weighted by Crippen LogP contribution is -2.32. The molecular weight excluding hydrogens is 252 g/mol. The molecule has 0 saturated heterocycles. The number of benzene rings is 1. The van der Waals surface area contributed by atoms with Crippen molar-refractivity contribution in [1.29, 1.82) is 0 Å².